The number of rotatable bonds is 4. The van der Waals surface area contributed by atoms with Gasteiger partial charge in [-0.05, 0) is 50.2 Å². The Bertz CT molecular complexity index is 657. The van der Waals surface area contributed by atoms with Crippen LogP contribution in [0.3, 0.4) is 0 Å². The van der Waals surface area contributed by atoms with E-state index in [1.807, 2.05) is 66.5 Å². The Kier molecular flexibility index (Phi) is 4.93. The highest BCUT2D eigenvalue weighted by molar-refractivity contribution is 5.94. The summed E-state index contributed by atoms with van der Waals surface area (Å²) in [5, 5.41) is 3.27. The molecule has 1 saturated heterocycles. The van der Waals surface area contributed by atoms with Gasteiger partial charge in [-0.3, -0.25) is 4.79 Å². The van der Waals surface area contributed by atoms with Crippen LogP contribution in [0.15, 0.2) is 54.6 Å². The van der Waals surface area contributed by atoms with Crippen LogP contribution in [0.4, 0.5) is 0 Å². The molecule has 0 saturated carbocycles. The zero-order valence-electron chi connectivity index (χ0n) is 13.4. The Morgan fingerprint density at radius 2 is 1.91 bits per heavy atom. The quantitative estimate of drug-likeness (QED) is 0.942. The topological polar surface area (TPSA) is 41.6 Å². The second-order valence-electron chi connectivity index (χ2n) is 5.82. The van der Waals surface area contributed by atoms with E-state index < -0.39 is 0 Å². The molecular formula is C19H22N2O2. The summed E-state index contributed by atoms with van der Waals surface area (Å²) in [4.78, 5) is 14.6. The maximum Gasteiger partial charge on any atom is 0.254 e. The monoisotopic (exact) mass is 310 g/mol. The number of ether oxygens (including phenoxy) is 1. The fourth-order valence-electron chi connectivity index (χ4n) is 2.90. The summed E-state index contributed by atoms with van der Waals surface area (Å²) < 4.78 is 5.82. The zero-order chi connectivity index (χ0) is 16.1. The molecule has 3 rings (SSSR count). The maximum atomic E-state index is 12.7. The minimum atomic E-state index is 0.0726. The fourth-order valence-corrected chi connectivity index (χ4v) is 2.90. The smallest absolute Gasteiger partial charge is 0.254 e. The Labute approximate surface area is 137 Å². The third-order valence-corrected chi connectivity index (χ3v) is 4.18. The van der Waals surface area contributed by atoms with E-state index in [9.17, 15) is 4.79 Å². The van der Waals surface area contributed by atoms with Gasteiger partial charge in [-0.25, -0.2) is 0 Å². The van der Waals surface area contributed by atoms with Gasteiger partial charge in [0.25, 0.3) is 5.91 Å². The number of nitrogens with zero attached hydrogens (tertiary/aromatic N) is 1. The third-order valence-electron chi connectivity index (χ3n) is 4.18. The third kappa shape index (κ3) is 3.90. The molecule has 0 aromatic heterocycles. The average molecular weight is 310 g/mol. The lowest BCUT2D eigenvalue weighted by Crippen LogP contribution is -2.46. The summed E-state index contributed by atoms with van der Waals surface area (Å²) in [5.74, 6) is 1.53. The molecule has 1 aliphatic heterocycles. The van der Waals surface area contributed by atoms with Crippen molar-refractivity contribution in [3.05, 3.63) is 60.2 Å². The molecule has 4 heteroatoms. The summed E-state index contributed by atoms with van der Waals surface area (Å²) in [6, 6.07) is 17.4. The van der Waals surface area contributed by atoms with Crippen molar-refractivity contribution >= 4 is 5.91 Å². The summed E-state index contributed by atoms with van der Waals surface area (Å²) >= 11 is 0. The second-order valence-corrected chi connectivity index (χ2v) is 5.82. The van der Waals surface area contributed by atoms with Gasteiger partial charge >= 0.3 is 0 Å². The fraction of sp³-hybridized carbons (Fsp3) is 0.316. The Morgan fingerprint density at radius 3 is 2.70 bits per heavy atom. The van der Waals surface area contributed by atoms with Crippen LogP contribution in [-0.4, -0.2) is 37.0 Å². The zero-order valence-corrected chi connectivity index (χ0v) is 13.4. The van der Waals surface area contributed by atoms with E-state index in [4.69, 9.17) is 4.74 Å². The summed E-state index contributed by atoms with van der Waals surface area (Å²) in [7, 11) is 1.95. The van der Waals surface area contributed by atoms with E-state index in [0.29, 0.717) is 17.4 Å². The van der Waals surface area contributed by atoms with Crippen LogP contribution in [0.1, 0.15) is 23.2 Å². The SMILES string of the molecule is CNC1CCCN(C(=O)c2cccc(Oc3ccccc3)c2)C1. The Balaban J connectivity index is 1.72. The molecule has 0 bridgehead atoms. The van der Waals surface area contributed by atoms with Crippen molar-refractivity contribution in [2.75, 3.05) is 20.1 Å². The van der Waals surface area contributed by atoms with Crippen molar-refractivity contribution in [2.45, 2.75) is 18.9 Å². The van der Waals surface area contributed by atoms with Crippen LogP contribution < -0.4 is 10.1 Å². The van der Waals surface area contributed by atoms with Gasteiger partial charge in [-0.15, -0.1) is 0 Å². The Morgan fingerprint density at radius 1 is 1.13 bits per heavy atom. The largest absolute Gasteiger partial charge is 0.457 e. The van der Waals surface area contributed by atoms with Gasteiger partial charge in [0.1, 0.15) is 11.5 Å². The molecule has 120 valence electrons. The summed E-state index contributed by atoms with van der Waals surface area (Å²) in [6.45, 7) is 1.58. The van der Waals surface area contributed by atoms with Crippen molar-refractivity contribution in [1.29, 1.82) is 0 Å². The molecule has 1 heterocycles. The number of para-hydroxylation sites is 1. The number of hydrogen-bond donors (Lipinski definition) is 1. The van der Waals surface area contributed by atoms with Gasteiger partial charge in [-0.2, -0.15) is 0 Å². The van der Waals surface area contributed by atoms with Crippen LogP contribution in [0.25, 0.3) is 0 Å². The first-order valence-corrected chi connectivity index (χ1v) is 8.06. The van der Waals surface area contributed by atoms with Gasteiger partial charge < -0.3 is 15.0 Å². The van der Waals surface area contributed by atoms with E-state index in [-0.39, 0.29) is 5.91 Å². The standard InChI is InChI=1S/C19H22N2O2/c1-20-16-8-6-12-21(14-16)19(22)15-7-5-11-18(13-15)23-17-9-3-2-4-10-17/h2-5,7,9-11,13,16,20H,6,8,12,14H2,1H3. The molecule has 1 atom stereocenters. The normalized spacial score (nSPS) is 17.8. The number of hydrogen-bond acceptors (Lipinski definition) is 3. The molecule has 1 N–H and O–H groups in total. The number of carbonyl (C=O) groups excluding carboxylic acids is 1. The van der Waals surface area contributed by atoms with E-state index in [0.717, 1.165) is 31.7 Å². The highest BCUT2D eigenvalue weighted by atomic mass is 16.5. The van der Waals surface area contributed by atoms with Gasteiger partial charge in [0.2, 0.25) is 0 Å². The minimum absolute atomic E-state index is 0.0726. The van der Waals surface area contributed by atoms with Gasteiger partial charge in [0.15, 0.2) is 0 Å². The second kappa shape index (κ2) is 7.29. The molecular weight excluding hydrogens is 288 g/mol. The molecule has 0 radical (unpaired) electrons. The van der Waals surface area contributed by atoms with Crippen molar-refractivity contribution in [2.24, 2.45) is 0 Å². The molecule has 1 amide bonds. The van der Waals surface area contributed by atoms with Crippen molar-refractivity contribution < 1.29 is 9.53 Å². The molecule has 2 aromatic rings. The van der Waals surface area contributed by atoms with Crippen LogP contribution in [0, 0.1) is 0 Å². The predicted molar refractivity (Wildman–Crippen MR) is 90.9 cm³/mol. The molecule has 4 nitrogen and oxygen atoms in total. The Hall–Kier alpha value is -2.33. The molecule has 0 spiro atoms. The first-order chi connectivity index (χ1) is 11.3. The van der Waals surface area contributed by atoms with E-state index in [2.05, 4.69) is 5.32 Å². The first-order valence-electron chi connectivity index (χ1n) is 8.06. The summed E-state index contributed by atoms with van der Waals surface area (Å²) in [6.07, 6.45) is 2.16. The lowest BCUT2D eigenvalue weighted by molar-refractivity contribution is 0.0698. The predicted octanol–water partition coefficient (Wildman–Crippen LogP) is 3.30. The van der Waals surface area contributed by atoms with Crippen LogP contribution in [0.5, 0.6) is 11.5 Å². The number of likely N-dealkylation sites (tertiary alicyclic amines) is 1. The van der Waals surface area contributed by atoms with Crippen LogP contribution in [-0.2, 0) is 0 Å². The first kappa shape index (κ1) is 15.6. The lowest BCUT2D eigenvalue weighted by Gasteiger charge is -2.32. The number of piperidine rings is 1. The van der Waals surface area contributed by atoms with E-state index >= 15 is 0 Å². The number of likely N-dealkylation sites (N-methyl/N-ethyl adjacent to an activating group) is 1. The van der Waals surface area contributed by atoms with Crippen LogP contribution in [0.2, 0.25) is 0 Å². The van der Waals surface area contributed by atoms with Gasteiger partial charge in [-0.1, -0.05) is 24.3 Å². The molecule has 0 aliphatic carbocycles. The molecule has 2 aromatic carbocycles. The van der Waals surface area contributed by atoms with Crippen molar-refractivity contribution in [3.8, 4) is 11.5 Å². The number of benzene rings is 2. The molecule has 23 heavy (non-hydrogen) atoms. The van der Waals surface area contributed by atoms with Gasteiger partial charge in [0.05, 0.1) is 0 Å². The highest BCUT2D eigenvalue weighted by Gasteiger charge is 2.23. The van der Waals surface area contributed by atoms with Crippen LogP contribution >= 0.6 is 0 Å². The minimum Gasteiger partial charge on any atom is -0.457 e. The lowest BCUT2D eigenvalue weighted by atomic mass is 10.0. The van der Waals surface area contributed by atoms with E-state index in [1.165, 1.54) is 0 Å². The van der Waals surface area contributed by atoms with E-state index in [1.54, 1.807) is 0 Å². The maximum absolute atomic E-state index is 12.7. The number of nitrogens with one attached hydrogen (secondary N) is 1. The highest BCUT2D eigenvalue weighted by Crippen LogP contribution is 2.23. The average Bonchev–Trinajstić information content (AvgIpc) is 2.62. The summed E-state index contributed by atoms with van der Waals surface area (Å²) in [5.41, 5.74) is 0.676. The van der Waals surface area contributed by atoms with Gasteiger partial charge in [0, 0.05) is 24.7 Å². The van der Waals surface area contributed by atoms with Crippen molar-refractivity contribution in [1.82, 2.24) is 10.2 Å². The number of amides is 1. The van der Waals surface area contributed by atoms with Crippen molar-refractivity contribution in [3.63, 3.8) is 0 Å². The number of carbonyl (C=O) groups is 1. The molecule has 1 unspecified atom stereocenters. The molecule has 1 fully saturated rings. The molecule has 1 aliphatic rings.